The van der Waals surface area contributed by atoms with Gasteiger partial charge in [0.05, 0.1) is 18.6 Å². The van der Waals surface area contributed by atoms with Crippen LogP contribution in [0.25, 0.3) is 0 Å². The molecule has 24 heavy (non-hydrogen) atoms. The van der Waals surface area contributed by atoms with Crippen LogP contribution in [-0.2, 0) is 6.54 Å². The molecule has 0 spiro atoms. The zero-order chi connectivity index (χ0) is 16.6. The van der Waals surface area contributed by atoms with Crippen molar-refractivity contribution in [1.82, 2.24) is 25.1 Å². The molecule has 1 saturated heterocycles. The second-order valence-electron chi connectivity index (χ2n) is 6.07. The quantitative estimate of drug-likeness (QED) is 0.814. The number of rotatable bonds is 7. The summed E-state index contributed by atoms with van der Waals surface area (Å²) in [5.41, 5.74) is 0. The molecule has 1 atom stereocenters. The lowest BCUT2D eigenvalue weighted by molar-refractivity contribution is 0.143. The summed E-state index contributed by atoms with van der Waals surface area (Å²) in [6.45, 7) is 3.92. The molecule has 0 aliphatic carbocycles. The first kappa shape index (κ1) is 16.6. The molecule has 2 aromatic rings. The molecule has 2 amide bonds. The van der Waals surface area contributed by atoms with Crippen LogP contribution in [0.5, 0.6) is 0 Å². The molecule has 2 N–H and O–H groups in total. The van der Waals surface area contributed by atoms with Crippen LogP contribution in [0.4, 0.5) is 4.79 Å². The molecule has 7 nitrogen and oxygen atoms in total. The fourth-order valence-corrected chi connectivity index (χ4v) is 3.09. The molecule has 7 heteroatoms. The average molecular weight is 331 g/mol. The Hall–Kier alpha value is -2.28. The maximum Gasteiger partial charge on any atom is 0.314 e. The maximum absolute atomic E-state index is 12.0. The smallest absolute Gasteiger partial charge is 0.314 e. The van der Waals surface area contributed by atoms with Crippen LogP contribution in [0.3, 0.4) is 0 Å². The molecule has 0 saturated carbocycles. The van der Waals surface area contributed by atoms with E-state index in [0.717, 1.165) is 18.8 Å². The number of furan rings is 1. The molecule has 0 bridgehead atoms. The number of carbonyl (C=O) groups is 1. The van der Waals surface area contributed by atoms with Gasteiger partial charge in [-0.05, 0) is 38.1 Å². The highest BCUT2D eigenvalue weighted by atomic mass is 16.3. The van der Waals surface area contributed by atoms with E-state index in [2.05, 4.69) is 20.5 Å². The fraction of sp³-hybridized carbons (Fsp3) is 0.529. The second-order valence-corrected chi connectivity index (χ2v) is 6.07. The number of hydrogen-bond donors (Lipinski definition) is 2. The van der Waals surface area contributed by atoms with Crippen molar-refractivity contribution in [2.45, 2.75) is 31.8 Å². The molecule has 1 aliphatic heterocycles. The van der Waals surface area contributed by atoms with E-state index in [1.54, 1.807) is 18.8 Å². The fourth-order valence-electron chi connectivity index (χ4n) is 3.09. The van der Waals surface area contributed by atoms with Gasteiger partial charge in [0.15, 0.2) is 0 Å². The Balaban J connectivity index is 1.46. The van der Waals surface area contributed by atoms with Gasteiger partial charge in [0.1, 0.15) is 5.76 Å². The van der Waals surface area contributed by atoms with Gasteiger partial charge in [0, 0.05) is 32.0 Å². The molecular weight excluding hydrogens is 306 g/mol. The largest absolute Gasteiger partial charge is 0.468 e. The molecule has 2 aromatic heterocycles. The molecule has 3 heterocycles. The highest BCUT2D eigenvalue weighted by Gasteiger charge is 2.24. The number of nitrogens with one attached hydrogen (secondary N) is 2. The number of nitrogens with zero attached hydrogens (tertiary/aromatic N) is 3. The van der Waals surface area contributed by atoms with E-state index in [0.29, 0.717) is 19.6 Å². The molecule has 1 fully saturated rings. The maximum atomic E-state index is 12.0. The molecule has 1 aliphatic rings. The van der Waals surface area contributed by atoms with Gasteiger partial charge in [0.25, 0.3) is 0 Å². The molecule has 130 valence electrons. The topological polar surface area (TPSA) is 75.3 Å². The zero-order valence-electron chi connectivity index (χ0n) is 13.9. The van der Waals surface area contributed by atoms with Gasteiger partial charge in [-0.15, -0.1) is 0 Å². The molecule has 3 rings (SSSR count). The van der Waals surface area contributed by atoms with Crippen LogP contribution >= 0.6 is 0 Å². The highest BCUT2D eigenvalue weighted by Crippen LogP contribution is 2.24. The van der Waals surface area contributed by atoms with Crippen molar-refractivity contribution >= 4 is 6.03 Å². The van der Waals surface area contributed by atoms with E-state index in [1.807, 2.05) is 22.9 Å². The van der Waals surface area contributed by atoms with Crippen LogP contribution in [-0.4, -0.2) is 46.7 Å². The van der Waals surface area contributed by atoms with Crippen LogP contribution in [0.1, 0.15) is 31.1 Å². The number of likely N-dealkylation sites (tertiary alicyclic amines) is 1. The summed E-state index contributed by atoms with van der Waals surface area (Å²) < 4.78 is 7.52. The van der Waals surface area contributed by atoms with Gasteiger partial charge in [-0.25, -0.2) is 9.78 Å². The minimum absolute atomic E-state index is 0.0969. The average Bonchev–Trinajstić information content (AvgIpc) is 3.30. The summed E-state index contributed by atoms with van der Waals surface area (Å²) in [6.07, 6.45) is 10.7. The second kappa shape index (κ2) is 8.54. The van der Waals surface area contributed by atoms with Gasteiger partial charge in [-0.3, -0.25) is 4.90 Å². The van der Waals surface area contributed by atoms with Crippen LogP contribution < -0.4 is 10.6 Å². The summed E-state index contributed by atoms with van der Waals surface area (Å²) in [6, 6.07) is 3.83. The first-order valence-corrected chi connectivity index (χ1v) is 8.58. The monoisotopic (exact) mass is 331 g/mol. The van der Waals surface area contributed by atoms with Gasteiger partial charge >= 0.3 is 6.03 Å². The Kier molecular flexibility index (Phi) is 5.90. The minimum atomic E-state index is -0.149. The summed E-state index contributed by atoms with van der Waals surface area (Å²) in [5, 5.41) is 5.85. The number of urea groups is 1. The third-order valence-corrected chi connectivity index (χ3v) is 4.37. The predicted octanol–water partition coefficient (Wildman–Crippen LogP) is 2.00. The lowest BCUT2D eigenvalue weighted by Crippen LogP contribution is -2.44. The highest BCUT2D eigenvalue weighted by molar-refractivity contribution is 5.73. The van der Waals surface area contributed by atoms with Gasteiger partial charge in [0.2, 0.25) is 0 Å². The van der Waals surface area contributed by atoms with E-state index >= 15 is 0 Å². The van der Waals surface area contributed by atoms with Crippen molar-refractivity contribution in [2.75, 3.05) is 26.2 Å². The van der Waals surface area contributed by atoms with E-state index < -0.39 is 0 Å². The van der Waals surface area contributed by atoms with Gasteiger partial charge < -0.3 is 19.6 Å². The van der Waals surface area contributed by atoms with Crippen LogP contribution in [0.2, 0.25) is 0 Å². The van der Waals surface area contributed by atoms with Crippen molar-refractivity contribution in [3.05, 3.63) is 42.9 Å². The number of hydrogen-bond acceptors (Lipinski definition) is 4. The van der Waals surface area contributed by atoms with Crippen LogP contribution in [0.15, 0.2) is 41.5 Å². The Labute approximate surface area is 142 Å². The van der Waals surface area contributed by atoms with E-state index in [9.17, 15) is 4.79 Å². The number of imidazole rings is 1. The standard InChI is InChI=1S/C17H25N5O2/c23-17(19-7-11-21-10-6-18-14-21)20-13-15(16-5-4-12-24-16)22-8-2-1-3-9-22/h4-6,10,12,14-15H,1-3,7-9,11,13H2,(H2,19,20,23)/t15-/m1/s1. The van der Waals surface area contributed by atoms with Crippen molar-refractivity contribution in [2.24, 2.45) is 0 Å². The minimum Gasteiger partial charge on any atom is -0.468 e. The third kappa shape index (κ3) is 4.61. The molecule has 0 unspecified atom stereocenters. The first-order chi connectivity index (χ1) is 11.8. The van der Waals surface area contributed by atoms with Crippen molar-refractivity contribution in [3.63, 3.8) is 0 Å². The van der Waals surface area contributed by atoms with E-state index in [4.69, 9.17) is 4.42 Å². The number of carbonyl (C=O) groups excluding carboxylic acids is 1. The Bertz CT molecular complexity index is 591. The molecule has 0 aromatic carbocycles. The van der Waals surface area contributed by atoms with Crippen molar-refractivity contribution in [3.8, 4) is 0 Å². The van der Waals surface area contributed by atoms with Gasteiger partial charge in [-0.1, -0.05) is 6.42 Å². The Morgan fingerprint density at radius 1 is 1.29 bits per heavy atom. The lowest BCUT2D eigenvalue weighted by atomic mass is 10.1. The molecule has 0 radical (unpaired) electrons. The number of aromatic nitrogens is 2. The summed E-state index contributed by atoms with van der Waals surface area (Å²) >= 11 is 0. The Morgan fingerprint density at radius 3 is 2.88 bits per heavy atom. The SMILES string of the molecule is O=C(NCCn1ccnc1)NC[C@H](c1ccco1)N1CCCCC1. The predicted molar refractivity (Wildman–Crippen MR) is 90.5 cm³/mol. The summed E-state index contributed by atoms with van der Waals surface area (Å²) in [7, 11) is 0. The van der Waals surface area contributed by atoms with Gasteiger partial charge in [-0.2, -0.15) is 0 Å². The van der Waals surface area contributed by atoms with Crippen molar-refractivity contribution in [1.29, 1.82) is 0 Å². The normalized spacial score (nSPS) is 16.7. The number of piperidine rings is 1. The molecular formula is C17H25N5O2. The van der Waals surface area contributed by atoms with E-state index in [1.165, 1.54) is 19.3 Å². The van der Waals surface area contributed by atoms with Crippen LogP contribution in [0, 0.1) is 0 Å². The Morgan fingerprint density at radius 2 is 2.17 bits per heavy atom. The lowest BCUT2D eigenvalue weighted by Gasteiger charge is -2.33. The summed E-state index contributed by atoms with van der Waals surface area (Å²) in [4.78, 5) is 18.4. The third-order valence-electron chi connectivity index (χ3n) is 4.37. The summed E-state index contributed by atoms with van der Waals surface area (Å²) in [5.74, 6) is 0.913. The zero-order valence-corrected chi connectivity index (χ0v) is 13.9. The number of amides is 2. The van der Waals surface area contributed by atoms with Crippen molar-refractivity contribution < 1.29 is 9.21 Å². The van der Waals surface area contributed by atoms with E-state index in [-0.39, 0.29) is 12.1 Å². The first-order valence-electron chi connectivity index (χ1n) is 8.58.